The average Bonchev–Trinajstić information content (AvgIpc) is 2.39. The Bertz CT molecular complexity index is 645. The van der Waals surface area contributed by atoms with Crippen LogP contribution in [0.2, 0.25) is 0 Å². The van der Waals surface area contributed by atoms with E-state index >= 15 is 0 Å². The van der Waals surface area contributed by atoms with Gasteiger partial charge in [-0.3, -0.25) is 0 Å². The quantitative estimate of drug-likeness (QED) is 0.595. The van der Waals surface area contributed by atoms with E-state index in [4.69, 9.17) is 0 Å². The summed E-state index contributed by atoms with van der Waals surface area (Å²) in [5.74, 6) is -3.21. The van der Waals surface area contributed by atoms with Gasteiger partial charge in [0.1, 0.15) is 11.6 Å². The van der Waals surface area contributed by atoms with Crippen LogP contribution in [0.25, 0.3) is 0 Å². The van der Waals surface area contributed by atoms with Crippen molar-refractivity contribution >= 4 is 21.6 Å². The van der Waals surface area contributed by atoms with Crippen molar-refractivity contribution in [1.82, 2.24) is 0 Å². The Balaban J connectivity index is 2.25. The molecule has 2 aromatic rings. The highest BCUT2D eigenvalue weighted by Crippen LogP contribution is 2.27. The summed E-state index contributed by atoms with van der Waals surface area (Å²) in [6.45, 7) is 1.63. The first-order chi connectivity index (χ1) is 9.38. The van der Waals surface area contributed by atoms with Gasteiger partial charge in [-0.25, -0.2) is 17.6 Å². The molecule has 0 amide bonds. The van der Waals surface area contributed by atoms with Crippen molar-refractivity contribution in [2.24, 2.45) is 0 Å². The Morgan fingerprint density at radius 3 is 2.25 bits per heavy atom. The van der Waals surface area contributed by atoms with Crippen molar-refractivity contribution in [2.45, 2.75) is 13.0 Å². The van der Waals surface area contributed by atoms with Crippen LogP contribution in [0.1, 0.15) is 18.5 Å². The molecule has 0 bridgehead atoms. The van der Waals surface area contributed by atoms with E-state index in [2.05, 4.69) is 21.2 Å². The fourth-order valence-electron chi connectivity index (χ4n) is 1.73. The monoisotopic (exact) mass is 347 g/mol. The molecule has 6 heteroatoms. The first-order valence-corrected chi connectivity index (χ1v) is 6.54. The summed E-state index contributed by atoms with van der Waals surface area (Å²) < 4.78 is 53.0. The lowest BCUT2D eigenvalue weighted by Crippen LogP contribution is -2.09. The second-order valence-electron chi connectivity index (χ2n) is 4.29. The average molecular weight is 348 g/mol. The molecule has 0 heterocycles. The lowest BCUT2D eigenvalue weighted by atomic mass is 10.1. The van der Waals surface area contributed by atoms with Gasteiger partial charge in [0.15, 0.2) is 11.6 Å². The van der Waals surface area contributed by atoms with E-state index in [0.717, 1.165) is 24.3 Å². The first kappa shape index (κ1) is 14.8. The number of hydrogen-bond donors (Lipinski definition) is 1. The predicted molar refractivity (Wildman–Crippen MR) is 72.5 cm³/mol. The van der Waals surface area contributed by atoms with Crippen LogP contribution in [0.5, 0.6) is 0 Å². The second-order valence-corrected chi connectivity index (χ2v) is 5.14. The minimum absolute atomic E-state index is 0.0148. The molecule has 0 aromatic heterocycles. The number of halogens is 5. The number of hydrogen-bond acceptors (Lipinski definition) is 1. The highest BCUT2D eigenvalue weighted by molar-refractivity contribution is 9.10. The van der Waals surface area contributed by atoms with Crippen LogP contribution in [0.15, 0.2) is 34.8 Å². The minimum Gasteiger partial charge on any atom is -0.376 e. The molecule has 2 rings (SSSR count). The summed E-state index contributed by atoms with van der Waals surface area (Å²) in [6, 6.07) is 4.86. The van der Waals surface area contributed by atoms with Gasteiger partial charge in [0.25, 0.3) is 0 Å². The van der Waals surface area contributed by atoms with Crippen LogP contribution >= 0.6 is 15.9 Å². The van der Waals surface area contributed by atoms with E-state index in [9.17, 15) is 17.6 Å². The molecule has 0 aliphatic carbocycles. The summed E-state index contributed by atoms with van der Waals surface area (Å²) in [4.78, 5) is 0. The molecule has 1 N–H and O–H groups in total. The Hall–Kier alpha value is -1.56. The summed E-state index contributed by atoms with van der Waals surface area (Å²) in [6.07, 6.45) is 0. The van der Waals surface area contributed by atoms with Crippen LogP contribution in [0, 0.1) is 23.3 Å². The van der Waals surface area contributed by atoms with E-state index in [1.165, 1.54) is 6.07 Å². The zero-order valence-electron chi connectivity index (χ0n) is 10.4. The molecule has 20 heavy (non-hydrogen) atoms. The fraction of sp³-hybridized carbons (Fsp3) is 0.143. The number of benzene rings is 2. The lowest BCUT2D eigenvalue weighted by molar-refractivity contribution is 0.506. The molecule has 2 aromatic carbocycles. The molecule has 0 aliphatic rings. The maximum absolute atomic E-state index is 13.7. The standard InChI is InChI=1S/C14H10BrF4N/c1-7(8-2-3-10(16)12(18)4-8)20-14-6-11(17)9(15)5-13(14)19/h2-7,20H,1H3. The molecule has 0 saturated heterocycles. The third kappa shape index (κ3) is 3.12. The van der Waals surface area contributed by atoms with Gasteiger partial charge in [0.05, 0.1) is 10.2 Å². The van der Waals surface area contributed by atoms with Gasteiger partial charge in [-0.1, -0.05) is 6.07 Å². The van der Waals surface area contributed by atoms with Gasteiger partial charge in [-0.15, -0.1) is 0 Å². The molecule has 0 saturated carbocycles. The van der Waals surface area contributed by atoms with E-state index in [1.807, 2.05) is 0 Å². The Morgan fingerprint density at radius 2 is 1.60 bits per heavy atom. The van der Waals surface area contributed by atoms with E-state index in [0.29, 0.717) is 5.56 Å². The van der Waals surface area contributed by atoms with Gasteiger partial charge < -0.3 is 5.32 Å². The third-order valence-corrected chi connectivity index (χ3v) is 3.43. The van der Waals surface area contributed by atoms with Crippen LogP contribution in [0.3, 0.4) is 0 Å². The van der Waals surface area contributed by atoms with Gasteiger partial charge >= 0.3 is 0 Å². The zero-order valence-corrected chi connectivity index (χ0v) is 11.9. The molecule has 0 fully saturated rings. The van der Waals surface area contributed by atoms with Crippen LogP contribution in [0.4, 0.5) is 23.2 Å². The molecule has 1 unspecified atom stereocenters. The van der Waals surface area contributed by atoms with Crippen LogP contribution in [-0.4, -0.2) is 0 Å². The molecule has 0 spiro atoms. The fourth-order valence-corrected chi connectivity index (χ4v) is 2.05. The topological polar surface area (TPSA) is 12.0 Å². The van der Waals surface area contributed by atoms with Gasteiger partial charge in [0, 0.05) is 12.1 Å². The predicted octanol–water partition coefficient (Wildman–Crippen LogP) is 5.18. The molecule has 1 atom stereocenters. The second kappa shape index (κ2) is 5.83. The minimum atomic E-state index is -0.987. The van der Waals surface area contributed by atoms with Gasteiger partial charge in [-0.2, -0.15) is 0 Å². The summed E-state index contributed by atoms with van der Waals surface area (Å²) in [5.41, 5.74) is 0.370. The van der Waals surface area contributed by atoms with Crippen molar-refractivity contribution in [1.29, 1.82) is 0 Å². The smallest absolute Gasteiger partial charge is 0.159 e. The number of rotatable bonds is 3. The first-order valence-electron chi connectivity index (χ1n) is 5.74. The molecule has 1 nitrogen and oxygen atoms in total. The molecule has 0 radical (unpaired) electrons. The van der Waals surface area contributed by atoms with Crippen molar-refractivity contribution in [3.8, 4) is 0 Å². The van der Waals surface area contributed by atoms with E-state index < -0.39 is 29.3 Å². The SMILES string of the molecule is CC(Nc1cc(F)c(Br)cc1F)c1ccc(F)c(F)c1. The highest BCUT2D eigenvalue weighted by Gasteiger charge is 2.13. The number of nitrogens with one attached hydrogen (secondary N) is 1. The lowest BCUT2D eigenvalue weighted by Gasteiger charge is -2.17. The van der Waals surface area contributed by atoms with Crippen molar-refractivity contribution < 1.29 is 17.6 Å². The van der Waals surface area contributed by atoms with Crippen molar-refractivity contribution in [3.63, 3.8) is 0 Å². The maximum Gasteiger partial charge on any atom is 0.159 e. The van der Waals surface area contributed by atoms with E-state index in [1.54, 1.807) is 6.92 Å². The third-order valence-electron chi connectivity index (χ3n) is 2.83. The maximum atomic E-state index is 13.7. The zero-order chi connectivity index (χ0) is 14.9. The Labute approximate surface area is 121 Å². The van der Waals surface area contributed by atoms with E-state index in [-0.39, 0.29) is 10.2 Å². The van der Waals surface area contributed by atoms with Crippen molar-refractivity contribution in [2.75, 3.05) is 5.32 Å². The van der Waals surface area contributed by atoms with Crippen LogP contribution in [-0.2, 0) is 0 Å². The summed E-state index contributed by atoms with van der Waals surface area (Å²) in [5, 5.41) is 2.72. The Kier molecular flexibility index (Phi) is 4.32. The summed E-state index contributed by atoms with van der Waals surface area (Å²) >= 11 is 2.87. The number of anilines is 1. The molecular formula is C14H10BrF4N. The molecule has 106 valence electrons. The largest absolute Gasteiger partial charge is 0.376 e. The molecular weight excluding hydrogens is 338 g/mol. The van der Waals surface area contributed by atoms with Crippen molar-refractivity contribution in [3.05, 3.63) is 63.6 Å². The summed E-state index contributed by atoms with van der Waals surface area (Å²) in [7, 11) is 0. The van der Waals surface area contributed by atoms with Gasteiger partial charge in [0.2, 0.25) is 0 Å². The highest BCUT2D eigenvalue weighted by atomic mass is 79.9. The molecule has 0 aliphatic heterocycles. The Morgan fingerprint density at radius 1 is 0.900 bits per heavy atom. The normalized spacial score (nSPS) is 12.3. The van der Waals surface area contributed by atoms with Crippen LogP contribution < -0.4 is 5.32 Å². The van der Waals surface area contributed by atoms with Gasteiger partial charge in [-0.05, 0) is 46.6 Å².